The number of hydrogen-bond donors (Lipinski definition) is 1. The van der Waals surface area contributed by atoms with Gasteiger partial charge in [0.15, 0.2) is 0 Å². The standard InChI is InChI=1S/C10H18O3/c1-5-6-9(8(4)11)10(12)13-7(2)3/h5,7-9,11H,1,6H2,2-4H3/t8-,9+/m1/s1. The molecule has 0 rings (SSSR count). The second-order valence-corrected chi connectivity index (χ2v) is 3.36. The maximum atomic E-state index is 11.4. The van der Waals surface area contributed by atoms with E-state index in [2.05, 4.69) is 6.58 Å². The van der Waals surface area contributed by atoms with Gasteiger partial charge < -0.3 is 9.84 Å². The van der Waals surface area contributed by atoms with Gasteiger partial charge in [0.25, 0.3) is 0 Å². The van der Waals surface area contributed by atoms with E-state index in [1.165, 1.54) is 0 Å². The molecule has 1 N–H and O–H groups in total. The average molecular weight is 186 g/mol. The Bertz CT molecular complexity index is 173. The van der Waals surface area contributed by atoms with Crippen LogP contribution in [0.2, 0.25) is 0 Å². The van der Waals surface area contributed by atoms with Crippen molar-refractivity contribution in [1.82, 2.24) is 0 Å². The van der Waals surface area contributed by atoms with Gasteiger partial charge in [0.05, 0.1) is 18.1 Å². The van der Waals surface area contributed by atoms with Crippen LogP contribution in [0, 0.1) is 5.92 Å². The molecule has 0 bridgehead atoms. The number of rotatable bonds is 5. The molecule has 0 radical (unpaired) electrons. The molecule has 76 valence electrons. The molecule has 0 saturated heterocycles. The molecule has 0 aliphatic heterocycles. The maximum absolute atomic E-state index is 11.4. The largest absolute Gasteiger partial charge is 0.463 e. The van der Waals surface area contributed by atoms with Gasteiger partial charge in [-0.15, -0.1) is 6.58 Å². The summed E-state index contributed by atoms with van der Waals surface area (Å²) in [7, 11) is 0. The van der Waals surface area contributed by atoms with Crippen LogP contribution >= 0.6 is 0 Å². The van der Waals surface area contributed by atoms with E-state index in [9.17, 15) is 9.90 Å². The van der Waals surface area contributed by atoms with E-state index < -0.39 is 12.0 Å². The zero-order valence-corrected chi connectivity index (χ0v) is 8.49. The van der Waals surface area contributed by atoms with Crippen LogP contribution in [0.15, 0.2) is 12.7 Å². The summed E-state index contributed by atoms with van der Waals surface area (Å²) in [5.74, 6) is -0.843. The number of esters is 1. The monoisotopic (exact) mass is 186 g/mol. The molecule has 0 aromatic rings. The topological polar surface area (TPSA) is 46.5 Å². The summed E-state index contributed by atoms with van der Waals surface area (Å²) in [6, 6.07) is 0. The molecule has 0 aliphatic carbocycles. The fourth-order valence-electron chi connectivity index (χ4n) is 0.989. The van der Waals surface area contributed by atoms with Gasteiger partial charge in [-0.3, -0.25) is 4.79 Å². The highest BCUT2D eigenvalue weighted by molar-refractivity contribution is 5.73. The highest BCUT2D eigenvalue weighted by Crippen LogP contribution is 2.12. The van der Waals surface area contributed by atoms with Gasteiger partial charge in [0, 0.05) is 0 Å². The van der Waals surface area contributed by atoms with Crippen LogP contribution in [0.4, 0.5) is 0 Å². The zero-order valence-electron chi connectivity index (χ0n) is 8.49. The molecule has 0 aromatic heterocycles. The van der Waals surface area contributed by atoms with Crippen molar-refractivity contribution < 1.29 is 14.6 Å². The van der Waals surface area contributed by atoms with Crippen LogP contribution in [-0.4, -0.2) is 23.3 Å². The van der Waals surface area contributed by atoms with Crippen LogP contribution < -0.4 is 0 Å². The van der Waals surface area contributed by atoms with Crippen LogP contribution in [0.25, 0.3) is 0 Å². The summed E-state index contributed by atoms with van der Waals surface area (Å²) in [6.45, 7) is 8.67. The Labute approximate surface area is 79.4 Å². The Kier molecular flexibility index (Phi) is 5.39. The molecule has 3 nitrogen and oxygen atoms in total. The van der Waals surface area contributed by atoms with Crippen LogP contribution in [-0.2, 0) is 9.53 Å². The molecule has 0 unspecified atom stereocenters. The molecule has 0 amide bonds. The van der Waals surface area contributed by atoms with E-state index in [4.69, 9.17) is 4.74 Å². The quantitative estimate of drug-likeness (QED) is 0.523. The predicted molar refractivity (Wildman–Crippen MR) is 51.2 cm³/mol. The van der Waals surface area contributed by atoms with Crippen molar-refractivity contribution in [3.8, 4) is 0 Å². The summed E-state index contributed by atoms with van der Waals surface area (Å²) >= 11 is 0. The van der Waals surface area contributed by atoms with E-state index in [0.717, 1.165) is 0 Å². The summed E-state index contributed by atoms with van der Waals surface area (Å²) < 4.78 is 4.98. The van der Waals surface area contributed by atoms with Crippen LogP contribution in [0.5, 0.6) is 0 Å². The van der Waals surface area contributed by atoms with Crippen molar-refractivity contribution in [1.29, 1.82) is 0 Å². The molecule has 2 atom stereocenters. The van der Waals surface area contributed by atoms with Crippen molar-refractivity contribution in [2.24, 2.45) is 5.92 Å². The Balaban J connectivity index is 4.19. The third-order valence-corrected chi connectivity index (χ3v) is 1.66. The first-order valence-corrected chi connectivity index (χ1v) is 4.48. The fourth-order valence-corrected chi connectivity index (χ4v) is 0.989. The molecule has 0 spiro atoms. The van der Waals surface area contributed by atoms with Gasteiger partial charge >= 0.3 is 5.97 Å². The number of aliphatic hydroxyl groups excluding tert-OH is 1. The van der Waals surface area contributed by atoms with E-state index in [1.54, 1.807) is 26.8 Å². The first kappa shape index (κ1) is 12.2. The van der Waals surface area contributed by atoms with Gasteiger partial charge in [-0.1, -0.05) is 6.08 Å². The van der Waals surface area contributed by atoms with Gasteiger partial charge in [-0.2, -0.15) is 0 Å². The normalized spacial score (nSPS) is 15.2. The van der Waals surface area contributed by atoms with Gasteiger partial charge in [-0.25, -0.2) is 0 Å². The Hall–Kier alpha value is -0.830. The van der Waals surface area contributed by atoms with E-state index in [1.807, 2.05) is 0 Å². The number of hydrogen-bond acceptors (Lipinski definition) is 3. The minimum absolute atomic E-state index is 0.140. The van der Waals surface area contributed by atoms with E-state index >= 15 is 0 Å². The van der Waals surface area contributed by atoms with Crippen LogP contribution in [0.3, 0.4) is 0 Å². The highest BCUT2D eigenvalue weighted by atomic mass is 16.5. The second-order valence-electron chi connectivity index (χ2n) is 3.36. The molecule has 3 heteroatoms. The number of carbonyl (C=O) groups is 1. The molecule has 13 heavy (non-hydrogen) atoms. The molecule has 0 aromatic carbocycles. The van der Waals surface area contributed by atoms with E-state index in [0.29, 0.717) is 6.42 Å². The third-order valence-electron chi connectivity index (χ3n) is 1.66. The smallest absolute Gasteiger partial charge is 0.312 e. The molecule has 0 aliphatic rings. The average Bonchev–Trinajstić information content (AvgIpc) is 1.97. The van der Waals surface area contributed by atoms with E-state index in [-0.39, 0.29) is 12.1 Å². The first-order valence-electron chi connectivity index (χ1n) is 4.48. The Morgan fingerprint density at radius 1 is 1.54 bits per heavy atom. The summed E-state index contributed by atoms with van der Waals surface area (Å²) in [6.07, 6.45) is 1.23. The Morgan fingerprint density at radius 2 is 2.08 bits per heavy atom. The molecule has 0 saturated carbocycles. The van der Waals surface area contributed by atoms with Gasteiger partial charge in [0.1, 0.15) is 0 Å². The first-order chi connectivity index (χ1) is 5.99. The lowest BCUT2D eigenvalue weighted by Gasteiger charge is -2.18. The molecular formula is C10H18O3. The SMILES string of the molecule is C=CC[C@H](C(=O)OC(C)C)[C@@H](C)O. The van der Waals surface area contributed by atoms with Crippen molar-refractivity contribution >= 4 is 5.97 Å². The maximum Gasteiger partial charge on any atom is 0.312 e. The summed E-state index contributed by atoms with van der Waals surface area (Å²) in [5.41, 5.74) is 0. The number of ether oxygens (including phenoxy) is 1. The lowest BCUT2D eigenvalue weighted by Crippen LogP contribution is -2.29. The molecule has 0 heterocycles. The highest BCUT2D eigenvalue weighted by Gasteiger charge is 2.24. The second kappa shape index (κ2) is 5.75. The minimum Gasteiger partial charge on any atom is -0.463 e. The van der Waals surface area contributed by atoms with Crippen molar-refractivity contribution in [2.75, 3.05) is 0 Å². The lowest BCUT2D eigenvalue weighted by molar-refractivity contribution is -0.155. The zero-order chi connectivity index (χ0) is 10.4. The Morgan fingerprint density at radius 3 is 2.38 bits per heavy atom. The number of carbonyl (C=O) groups excluding carboxylic acids is 1. The summed E-state index contributed by atoms with van der Waals surface area (Å²) in [5, 5.41) is 9.28. The minimum atomic E-state index is -0.691. The lowest BCUT2D eigenvalue weighted by atomic mass is 10.0. The molecular weight excluding hydrogens is 168 g/mol. The van der Waals surface area contributed by atoms with Gasteiger partial charge in [-0.05, 0) is 27.2 Å². The number of aliphatic hydroxyl groups is 1. The predicted octanol–water partition coefficient (Wildman–Crippen LogP) is 1.51. The third kappa shape index (κ3) is 4.68. The van der Waals surface area contributed by atoms with Crippen molar-refractivity contribution in [3.05, 3.63) is 12.7 Å². The van der Waals surface area contributed by atoms with Crippen molar-refractivity contribution in [2.45, 2.75) is 39.4 Å². The molecule has 0 fully saturated rings. The van der Waals surface area contributed by atoms with Gasteiger partial charge in [0.2, 0.25) is 0 Å². The fraction of sp³-hybridized carbons (Fsp3) is 0.700. The van der Waals surface area contributed by atoms with Crippen molar-refractivity contribution in [3.63, 3.8) is 0 Å². The summed E-state index contributed by atoms with van der Waals surface area (Å²) in [4.78, 5) is 11.4. The number of allylic oxidation sites excluding steroid dienone is 1. The van der Waals surface area contributed by atoms with Crippen LogP contribution in [0.1, 0.15) is 27.2 Å².